The van der Waals surface area contributed by atoms with E-state index in [1.165, 1.54) is 4.88 Å². The number of anilines is 1. The van der Waals surface area contributed by atoms with Crippen LogP contribution in [0.2, 0.25) is 0 Å². The summed E-state index contributed by atoms with van der Waals surface area (Å²) in [5.74, 6) is 1.88. The van der Waals surface area contributed by atoms with E-state index >= 15 is 0 Å². The van der Waals surface area contributed by atoms with E-state index in [0.717, 1.165) is 40.9 Å². The molecule has 1 aromatic carbocycles. The van der Waals surface area contributed by atoms with Crippen LogP contribution < -0.4 is 10.2 Å². The van der Waals surface area contributed by atoms with E-state index in [-0.39, 0.29) is 0 Å². The lowest BCUT2D eigenvalue weighted by molar-refractivity contribution is 0.0675. The fourth-order valence-corrected chi connectivity index (χ4v) is 4.89. The van der Waals surface area contributed by atoms with Crippen molar-refractivity contribution < 1.29 is 5.11 Å². The average Bonchev–Trinajstić information content (AvgIpc) is 3.15. The normalized spacial score (nSPS) is 20.8. The minimum atomic E-state index is -0.549. The third kappa shape index (κ3) is 4.07. The first-order valence-corrected chi connectivity index (χ1v) is 9.78. The summed E-state index contributed by atoms with van der Waals surface area (Å²) in [6.45, 7) is 1.38. The van der Waals surface area contributed by atoms with Crippen molar-refractivity contribution in [1.82, 2.24) is 10.3 Å². The number of nitrogens with one attached hydrogen (secondary N) is 1. The molecule has 0 bridgehead atoms. The van der Waals surface area contributed by atoms with Gasteiger partial charge in [0.1, 0.15) is 0 Å². The maximum atomic E-state index is 10.4. The number of benzene rings is 1. The van der Waals surface area contributed by atoms with Crippen LogP contribution in [0.4, 0.5) is 5.13 Å². The Morgan fingerprint density at radius 1 is 1.30 bits per heavy atom. The fourth-order valence-electron chi connectivity index (χ4n) is 2.62. The third-order valence-corrected chi connectivity index (χ3v) is 6.40. The first-order valence-electron chi connectivity index (χ1n) is 7.81. The summed E-state index contributed by atoms with van der Waals surface area (Å²) in [6.07, 6.45) is 0.877. The lowest BCUT2D eigenvalue weighted by atomic mass is 10.0. The third-order valence-electron chi connectivity index (χ3n) is 3.94. The lowest BCUT2D eigenvalue weighted by Gasteiger charge is -2.21. The zero-order valence-electron chi connectivity index (χ0n) is 13.6. The first kappa shape index (κ1) is 16.8. The highest BCUT2D eigenvalue weighted by Crippen LogP contribution is 2.32. The number of hydrogen-bond donors (Lipinski definition) is 2. The van der Waals surface area contributed by atoms with Crippen molar-refractivity contribution >= 4 is 28.2 Å². The van der Waals surface area contributed by atoms with E-state index in [0.29, 0.717) is 6.54 Å². The number of thiazole rings is 1. The van der Waals surface area contributed by atoms with Gasteiger partial charge in [0.05, 0.1) is 11.3 Å². The van der Waals surface area contributed by atoms with E-state index in [1.54, 1.807) is 11.3 Å². The Labute approximate surface area is 145 Å². The summed E-state index contributed by atoms with van der Waals surface area (Å²) < 4.78 is 0. The van der Waals surface area contributed by atoms with Gasteiger partial charge in [0.2, 0.25) is 0 Å². The molecule has 1 aliphatic rings. The van der Waals surface area contributed by atoms with Crippen molar-refractivity contribution in [2.75, 3.05) is 37.0 Å². The van der Waals surface area contributed by atoms with Gasteiger partial charge in [-0.15, -0.1) is 0 Å². The summed E-state index contributed by atoms with van der Waals surface area (Å²) >= 11 is 3.54. The van der Waals surface area contributed by atoms with Crippen LogP contribution in [-0.4, -0.2) is 47.8 Å². The molecule has 0 spiro atoms. The summed E-state index contributed by atoms with van der Waals surface area (Å²) in [6, 6.07) is 10.3. The van der Waals surface area contributed by atoms with Gasteiger partial charge in [-0.05, 0) is 12.2 Å². The standard InChI is InChI=1S/C17H23N3OS2/c1-20(2)16-19-15(13-6-4-3-5-7-13)14(23-16)10-18-11-17(21)8-9-22-12-17/h3-7,18,21H,8-12H2,1-2H3. The van der Waals surface area contributed by atoms with Crippen LogP contribution in [0, 0.1) is 0 Å². The van der Waals surface area contributed by atoms with Crippen LogP contribution in [0.5, 0.6) is 0 Å². The van der Waals surface area contributed by atoms with Gasteiger partial charge in [0, 0.05) is 43.4 Å². The molecule has 124 valence electrons. The van der Waals surface area contributed by atoms with E-state index in [2.05, 4.69) is 17.4 Å². The summed E-state index contributed by atoms with van der Waals surface area (Å²) in [5.41, 5.74) is 1.63. The predicted molar refractivity (Wildman–Crippen MR) is 100 cm³/mol. The van der Waals surface area contributed by atoms with Crippen LogP contribution in [0.1, 0.15) is 11.3 Å². The number of aliphatic hydroxyl groups is 1. The van der Waals surface area contributed by atoms with Gasteiger partial charge >= 0.3 is 0 Å². The number of rotatable bonds is 6. The Hall–Kier alpha value is -1.08. The SMILES string of the molecule is CN(C)c1nc(-c2ccccc2)c(CNCC2(O)CCSC2)s1. The van der Waals surface area contributed by atoms with Crippen LogP contribution >= 0.6 is 23.1 Å². The maximum absolute atomic E-state index is 10.4. The topological polar surface area (TPSA) is 48.4 Å². The maximum Gasteiger partial charge on any atom is 0.185 e. The van der Waals surface area contributed by atoms with Gasteiger partial charge in [0.25, 0.3) is 0 Å². The molecule has 1 aliphatic heterocycles. The van der Waals surface area contributed by atoms with Crippen LogP contribution in [0.15, 0.2) is 30.3 Å². The van der Waals surface area contributed by atoms with Gasteiger partial charge in [-0.25, -0.2) is 4.98 Å². The van der Waals surface area contributed by atoms with Crippen molar-refractivity contribution in [3.63, 3.8) is 0 Å². The highest BCUT2D eigenvalue weighted by molar-refractivity contribution is 7.99. The number of aromatic nitrogens is 1. The Morgan fingerprint density at radius 2 is 2.09 bits per heavy atom. The van der Waals surface area contributed by atoms with Crippen LogP contribution in [0.25, 0.3) is 11.3 Å². The second kappa shape index (κ2) is 7.21. The highest BCUT2D eigenvalue weighted by atomic mass is 32.2. The average molecular weight is 350 g/mol. The summed E-state index contributed by atoms with van der Waals surface area (Å²) in [5, 5.41) is 14.9. The Kier molecular flexibility index (Phi) is 5.26. The molecule has 4 nitrogen and oxygen atoms in total. The van der Waals surface area contributed by atoms with E-state index in [1.807, 2.05) is 49.0 Å². The van der Waals surface area contributed by atoms with Crippen molar-refractivity contribution in [3.05, 3.63) is 35.2 Å². The van der Waals surface area contributed by atoms with Crippen molar-refractivity contribution in [2.24, 2.45) is 0 Å². The molecule has 1 saturated heterocycles. The number of thioether (sulfide) groups is 1. The monoisotopic (exact) mass is 349 g/mol. The first-order chi connectivity index (χ1) is 11.1. The van der Waals surface area contributed by atoms with Crippen molar-refractivity contribution in [2.45, 2.75) is 18.6 Å². The lowest BCUT2D eigenvalue weighted by Crippen LogP contribution is -2.40. The van der Waals surface area contributed by atoms with E-state index < -0.39 is 5.60 Å². The van der Waals surface area contributed by atoms with Gasteiger partial charge in [-0.1, -0.05) is 41.7 Å². The molecule has 1 unspecified atom stereocenters. The second-order valence-electron chi connectivity index (χ2n) is 6.16. The van der Waals surface area contributed by atoms with E-state index in [4.69, 9.17) is 4.98 Å². The quantitative estimate of drug-likeness (QED) is 0.840. The molecule has 3 rings (SSSR count). The smallest absolute Gasteiger partial charge is 0.185 e. The van der Waals surface area contributed by atoms with Crippen molar-refractivity contribution in [1.29, 1.82) is 0 Å². The fraction of sp³-hybridized carbons (Fsp3) is 0.471. The molecule has 1 aromatic heterocycles. The zero-order valence-corrected chi connectivity index (χ0v) is 15.2. The molecule has 0 amide bonds. The van der Waals surface area contributed by atoms with E-state index in [9.17, 15) is 5.11 Å². The number of hydrogen-bond acceptors (Lipinski definition) is 6. The molecule has 6 heteroatoms. The van der Waals surface area contributed by atoms with Gasteiger partial charge in [-0.3, -0.25) is 0 Å². The molecule has 2 N–H and O–H groups in total. The second-order valence-corrected chi connectivity index (χ2v) is 8.33. The van der Waals surface area contributed by atoms with Gasteiger partial charge in [0.15, 0.2) is 5.13 Å². The van der Waals surface area contributed by atoms with Gasteiger partial charge in [-0.2, -0.15) is 11.8 Å². The Morgan fingerprint density at radius 3 is 2.74 bits per heavy atom. The highest BCUT2D eigenvalue weighted by Gasteiger charge is 2.31. The minimum Gasteiger partial charge on any atom is -0.388 e. The zero-order chi connectivity index (χ0) is 16.3. The molecule has 0 saturated carbocycles. The molecule has 2 aromatic rings. The largest absolute Gasteiger partial charge is 0.388 e. The molecule has 1 fully saturated rings. The molecule has 2 heterocycles. The molecule has 0 radical (unpaired) electrons. The van der Waals surface area contributed by atoms with Crippen LogP contribution in [0.3, 0.4) is 0 Å². The van der Waals surface area contributed by atoms with Gasteiger partial charge < -0.3 is 15.3 Å². The summed E-state index contributed by atoms with van der Waals surface area (Å²) in [4.78, 5) is 8.05. The number of nitrogens with zero attached hydrogens (tertiary/aromatic N) is 2. The van der Waals surface area contributed by atoms with Crippen LogP contribution in [-0.2, 0) is 6.54 Å². The molecular formula is C17H23N3OS2. The molecule has 1 atom stereocenters. The Balaban J connectivity index is 1.75. The van der Waals surface area contributed by atoms with Crippen molar-refractivity contribution in [3.8, 4) is 11.3 Å². The minimum absolute atomic E-state index is 0.549. The molecule has 23 heavy (non-hydrogen) atoms. The summed E-state index contributed by atoms with van der Waals surface area (Å²) in [7, 11) is 4.03. The predicted octanol–water partition coefficient (Wildman–Crippen LogP) is 2.83. The Bertz CT molecular complexity index is 637. The molecule has 0 aliphatic carbocycles. The molecular weight excluding hydrogens is 326 g/mol.